The van der Waals surface area contributed by atoms with Crippen LogP contribution in [0.15, 0.2) is 52.9 Å². The topological polar surface area (TPSA) is 65.0 Å². The van der Waals surface area contributed by atoms with E-state index in [4.69, 9.17) is 9.47 Å². The molecule has 2 heterocycles. The zero-order valence-corrected chi connectivity index (χ0v) is 17.0. The molecule has 5 nitrogen and oxygen atoms in total. The molecule has 5 heteroatoms. The number of hydrogen-bond donors (Lipinski definition) is 0. The van der Waals surface area contributed by atoms with E-state index in [-0.39, 0.29) is 12.4 Å². The van der Waals surface area contributed by atoms with E-state index in [2.05, 4.69) is 11.6 Å². The average molecular weight is 379 g/mol. The molecule has 0 fully saturated rings. The summed E-state index contributed by atoms with van der Waals surface area (Å²) in [6.07, 6.45) is 1.87. The number of benzene rings is 1. The normalized spacial score (nSPS) is 21.4. The molecule has 0 bridgehead atoms. The number of nitrogens with zero attached hydrogens (tertiary/aromatic N) is 1. The Labute approximate surface area is 165 Å². The molecule has 1 aromatic rings. The predicted molar refractivity (Wildman–Crippen MR) is 109 cm³/mol. The number of para-hydroxylation sites is 1. The number of allylic oxidation sites excluding steroid dienone is 4. The molecule has 1 aromatic carbocycles. The number of Topliss-reactive ketones (excluding diaryl/α,β-unsaturated/α-hetero) is 1. The van der Waals surface area contributed by atoms with Crippen molar-refractivity contribution in [2.45, 2.75) is 40.5 Å². The van der Waals surface area contributed by atoms with Gasteiger partial charge in [0.1, 0.15) is 17.3 Å². The zero-order chi connectivity index (χ0) is 20.6. The van der Waals surface area contributed by atoms with Crippen LogP contribution in [0.2, 0.25) is 0 Å². The molecule has 2 aliphatic rings. The molecular weight excluding hydrogens is 354 g/mol. The van der Waals surface area contributed by atoms with Crippen molar-refractivity contribution in [3.05, 3.63) is 59.0 Å². The second kappa shape index (κ2) is 7.58. The number of esters is 1. The van der Waals surface area contributed by atoms with Crippen LogP contribution >= 0.6 is 0 Å². The van der Waals surface area contributed by atoms with Crippen LogP contribution in [-0.4, -0.2) is 24.1 Å². The third-order valence-electron chi connectivity index (χ3n) is 5.13. The highest BCUT2D eigenvalue weighted by atomic mass is 16.5. The van der Waals surface area contributed by atoms with Gasteiger partial charge in [0.15, 0.2) is 0 Å². The summed E-state index contributed by atoms with van der Waals surface area (Å²) in [4.78, 5) is 29.9. The molecule has 0 radical (unpaired) electrons. The van der Waals surface area contributed by atoms with E-state index in [0.717, 1.165) is 16.7 Å². The minimum absolute atomic E-state index is 0.0555. The first-order chi connectivity index (χ1) is 13.3. The van der Waals surface area contributed by atoms with Gasteiger partial charge in [-0.05, 0) is 46.3 Å². The van der Waals surface area contributed by atoms with Gasteiger partial charge in [-0.1, -0.05) is 24.8 Å². The van der Waals surface area contributed by atoms with E-state index >= 15 is 0 Å². The molecule has 0 spiro atoms. The summed E-state index contributed by atoms with van der Waals surface area (Å²) < 4.78 is 11.4. The van der Waals surface area contributed by atoms with E-state index in [9.17, 15) is 9.59 Å². The maximum absolute atomic E-state index is 12.8. The number of carbonyl (C=O) groups is 2. The number of ketones is 1. The van der Waals surface area contributed by atoms with Gasteiger partial charge in [-0.2, -0.15) is 0 Å². The molecule has 0 aromatic heterocycles. The summed E-state index contributed by atoms with van der Waals surface area (Å²) in [6, 6.07) is 5.72. The largest absolute Gasteiger partial charge is 0.463 e. The molecule has 0 amide bonds. The van der Waals surface area contributed by atoms with Crippen molar-refractivity contribution in [1.29, 1.82) is 0 Å². The summed E-state index contributed by atoms with van der Waals surface area (Å²) in [7, 11) is 0. The quantitative estimate of drug-likeness (QED) is 0.718. The Bertz CT molecular complexity index is 965. The maximum atomic E-state index is 12.8. The van der Waals surface area contributed by atoms with E-state index in [1.54, 1.807) is 13.8 Å². The summed E-state index contributed by atoms with van der Waals surface area (Å²) >= 11 is 0. The Kier molecular flexibility index (Phi) is 5.36. The molecule has 2 unspecified atom stereocenters. The second-order valence-electron chi connectivity index (χ2n) is 7.14. The number of carbonyl (C=O) groups excluding carboxylic acids is 2. The van der Waals surface area contributed by atoms with Crippen molar-refractivity contribution in [2.24, 2.45) is 10.9 Å². The van der Waals surface area contributed by atoms with Crippen molar-refractivity contribution >= 4 is 23.0 Å². The number of ether oxygens (including phenoxy) is 2. The fourth-order valence-corrected chi connectivity index (χ4v) is 4.05. The van der Waals surface area contributed by atoms with Gasteiger partial charge >= 0.3 is 5.97 Å². The average Bonchev–Trinajstić information content (AvgIpc) is 2.60. The Morgan fingerprint density at radius 1 is 1.25 bits per heavy atom. The fourth-order valence-electron chi connectivity index (χ4n) is 4.05. The van der Waals surface area contributed by atoms with Crippen molar-refractivity contribution in [2.75, 3.05) is 6.61 Å². The van der Waals surface area contributed by atoms with Gasteiger partial charge in [0, 0.05) is 28.5 Å². The molecule has 0 saturated carbocycles. The first kappa shape index (κ1) is 19.8. The summed E-state index contributed by atoms with van der Waals surface area (Å²) in [6.45, 7) is 13.1. The predicted octanol–water partition coefficient (Wildman–Crippen LogP) is 4.60. The van der Waals surface area contributed by atoms with Crippen LogP contribution in [0.25, 0.3) is 5.57 Å². The first-order valence-corrected chi connectivity index (χ1v) is 9.38. The molecule has 0 saturated heterocycles. The van der Waals surface area contributed by atoms with E-state index < -0.39 is 17.8 Å². The summed E-state index contributed by atoms with van der Waals surface area (Å²) in [5.41, 5.74) is 4.11. The molecule has 0 N–H and O–H groups in total. The monoisotopic (exact) mass is 379 g/mol. The number of fused-ring (bicyclic) bond motifs is 1. The van der Waals surface area contributed by atoms with Crippen molar-refractivity contribution in [3.63, 3.8) is 0 Å². The molecule has 0 aliphatic carbocycles. The molecular formula is C23H25NO4. The number of rotatable bonds is 4. The van der Waals surface area contributed by atoms with Crippen LogP contribution in [0, 0.1) is 5.92 Å². The molecule has 146 valence electrons. The fraction of sp³-hybridized carbons (Fsp3) is 0.348. The minimum atomic E-state index is -0.558. The van der Waals surface area contributed by atoms with Crippen LogP contribution in [0.5, 0.6) is 5.75 Å². The number of hydrogen-bond acceptors (Lipinski definition) is 5. The lowest BCUT2D eigenvalue weighted by atomic mass is 9.73. The zero-order valence-electron chi connectivity index (χ0n) is 17.0. The number of aliphatic imine (C=N–C) groups is 1. The standard InChI is InChI=1S/C23H25NO4/c1-7-27-23(26)20-15(5)24-14(4)19(16(6)25)21(20)18-10-8-9-17-12(2)11-13(3)28-22(17)18/h8-11,19,21H,2,7H2,1,3-6H3. The lowest BCUT2D eigenvalue weighted by Gasteiger charge is -2.33. The van der Waals surface area contributed by atoms with Crippen molar-refractivity contribution in [1.82, 2.24) is 0 Å². The molecule has 28 heavy (non-hydrogen) atoms. The van der Waals surface area contributed by atoms with Gasteiger partial charge in [0.25, 0.3) is 0 Å². The van der Waals surface area contributed by atoms with Crippen LogP contribution in [0.3, 0.4) is 0 Å². The lowest BCUT2D eigenvalue weighted by Crippen LogP contribution is -2.34. The van der Waals surface area contributed by atoms with E-state index in [1.165, 1.54) is 6.92 Å². The van der Waals surface area contributed by atoms with Crippen LogP contribution in [-0.2, 0) is 14.3 Å². The van der Waals surface area contributed by atoms with E-state index in [1.807, 2.05) is 38.1 Å². The highest BCUT2D eigenvalue weighted by molar-refractivity contribution is 6.08. The van der Waals surface area contributed by atoms with Gasteiger partial charge in [-0.3, -0.25) is 9.79 Å². The Balaban J connectivity index is 2.26. The van der Waals surface area contributed by atoms with Gasteiger partial charge in [0.2, 0.25) is 0 Å². The van der Waals surface area contributed by atoms with Gasteiger partial charge in [-0.15, -0.1) is 0 Å². The summed E-state index contributed by atoms with van der Waals surface area (Å²) in [5.74, 6) is -0.246. The first-order valence-electron chi connectivity index (χ1n) is 9.38. The highest BCUT2D eigenvalue weighted by Crippen LogP contribution is 2.46. The van der Waals surface area contributed by atoms with Crippen LogP contribution in [0.4, 0.5) is 0 Å². The van der Waals surface area contributed by atoms with Gasteiger partial charge in [-0.25, -0.2) is 4.79 Å². The Hall–Kier alpha value is -2.95. The molecule has 2 aliphatic heterocycles. The van der Waals surface area contributed by atoms with Crippen molar-refractivity contribution in [3.8, 4) is 5.75 Å². The van der Waals surface area contributed by atoms with E-state index in [0.29, 0.717) is 28.5 Å². The molecule has 2 atom stereocenters. The molecule has 3 rings (SSSR count). The highest BCUT2D eigenvalue weighted by Gasteiger charge is 2.42. The van der Waals surface area contributed by atoms with Crippen LogP contribution in [0.1, 0.15) is 51.7 Å². The van der Waals surface area contributed by atoms with Crippen LogP contribution < -0.4 is 4.74 Å². The van der Waals surface area contributed by atoms with Gasteiger partial charge in [0.05, 0.1) is 18.1 Å². The van der Waals surface area contributed by atoms with Gasteiger partial charge < -0.3 is 9.47 Å². The van der Waals surface area contributed by atoms with Crippen molar-refractivity contribution < 1.29 is 19.1 Å². The summed E-state index contributed by atoms with van der Waals surface area (Å²) in [5, 5.41) is 0. The lowest BCUT2D eigenvalue weighted by molar-refractivity contribution is -0.139. The smallest absolute Gasteiger partial charge is 0.336 e. The third-order valence-corrected chi connectivity index (χ3v) is 5.13. The second-order valence-corrected chi connectivity index (χ2v) is 7.14. The minimum Gasteiger partial charge on any atom is -0.463 e. The Morgan fingerprint density at radius 2 is 1.96 bits per heavy atom. The Morgan fingerprint density at radius 3 is 2.61 bits per heavy atom. The maximum Gasteiger partial charge on any atom is 0.336 e. The third kappa shape index (κ3) is 3.33. The SMILES string of the molecule is C=C1C=C(C)Oc2c1cccc2C1C(C(=O)OCC)=C(C)N=C(C)C1C(C)=O.